The van der Waals surface area contributed by atoms with Crippen LogP contribution in [0.5, 0.6) is 11.5 Å². The fourth-order valence-corrected chi connectivity index (χ4v) is 8.67. The van der Waals surface area contributed by atoms with E-state index in [-0.39, 0.29) is 17.9 Å². The van der Waals surface area contributed by atoms with Crippen molar-refractivity contribution in [2.75, 3.05) is 71.2 Å². The normalized spacial score (nSPS) is 23.7. The third-order valence-electron chi connectivity index (χ3n) is 11.7. The molecule has 0 spiro atoms. The maximum absolute atomic E-state index is 14.0. The first-order valence-corrected chi connectivity index (χ1v) is 19.2. The van der Waals surface area contributed by atoms with Gasteiger partial charge in [-0.3, -0.25) is 14.6 Å². The third kappa shape index (κ3) is 7.80. The number of nitrogens with one attached hydrogen (secondary N) is 1. The monoisotopic (exact) mass is 722 g/mol. The number of amides is 2. The Hall–Kier alpha value is -4.79. The number of carboxylic acid groups (broad SMARTS) is 1. The predicted octanol–water partition coefficient (Wildman–Crippen LogP) is 4.36. The number of para-hydroxylation sites is 1. The number of aromatic nitrogens is 4. The molecule has 280 valence electrons. The standard InChI is InChI=1S/C39H50N10O4/c40-36-34-35(28-8-11-32(12-9-28)53-31-6-2-1-3-7-31)44-49(37(34)43-26-42-36)30-5-4-16-48(25-30)38(50)29-10-13-33(41-23-29)46-17-14-27(15-18-46)24-45-19-21-47(22-20-45)39(51)52/h1-3,6-9,11-12,26-27,29-30,33,41H,4-5,10,13-25H2,(H,51,52)(H2,40,42,43)/t29-,30-,33-/m1/s1. The van der Waals surface area contributed by atoms with Gasteiger partial charge in [0, 0.05) is 57.9 Å². The number of nitrogens with zero attached hydrogens (tertiary/aromatic N) is 8. The zero-order valence-electron chi connectivity index (χ0n) is 30.2. The van der Waals surface area contributed by atoms with Gasteiger partial charge >= 0.3 is 6.09 Å². The molecule has 14 heteroatoms. The molecule has 3 atom stereocenters. The first-order chi connectivity index (χ1) is 25.9. The van der Waals surface area contributed by atoms with E-state index >= 15 is 0 Å². The van der Waals surface area contributed by atoms with E-state index in [2.05, 4.69) is 25.1 Å². The Morgan fingerprint density at radius 1 is 0.849 bits per heavy atom. The molecule has 8 rings (SSSR count). The molecule has 6 heterocycles. The zero-order chi connectivity index (χ0) is 36.3. The molecule has 2 aromatic heterocycles. The van der Waals surface area contributed by atoms with Crippen LogP contribution in [-0.2, 0) is 4.79 Å². The molecule has 4 aromatic rings. The Labute approximate surface area is 309 Å². The Morgan fingerprint density at radius 3 is 2.32 bits per heavy atom. The fourth-order valence-electron chi connectivity index (χ4n) is 8.67. The predicted molar refractivity (Wildman–Crippen MR) is 201 cm³/mol. The lowest BCUT2D eigenvalue weighted by Crippen LogP contribution is -2.56. The first-order valence-electron chi connectivity index (χ1n) is 19.2. The highest BCUT2D eigenvalue weighted by atomic mass is 16.5. The Kier molecular flexibility index (Phi) is 10.4. The fraction of sp³-hybridized carbons (Fsp3) is 0.513. The molecule has 4 saturated heterocycles. The number of carbonyl (C=O) groups is 2. The summed E-state index contributed by atoms with van der Waals surface area (Å²) in [6.45, 7) is 8.06. The van der Waals surface area contributed by atoms with Crippen molar-refractivity contribution < 1.29 is 19.4 Å². The van der Waals surface area contributed by atoms with E-state index in [4.69, 9.17) is 15.6 Å². The average Bonchev–Trinajstić information content (AvgIpc) is 3.60. The number of piperidine rings is 3. The van der Waals surface area contributed by atoms with Crippen LogP contribution in [0.15, 0.2) is 60.9 Å². The number of hydrogen-bond donors (Lipinski definition) is 3. The summed E-state index contributed by atoms with van der Waals surface area (Å²) in [7, 11) is 0. The molecule has 14 nitrogen and oxygen atoms in total. The number of likely N-dealkylation sites (tertiary alicyclic amines) is 2. The molecule has 4 fully saturated rings. The Balaban J connectivity index is 0.860. The van der Waals surface area contributed by atoms with Gasteiger partial charge in [-0.1, -0.05) is 18.2 Å². The second-order valence-electron chi connectivity index (χ2n) is 15.0. The van der Waals surface area contributed by atoms with Crippen molar-refractivity contribution in [2.45, 2.75) is 50.7 Å². The number of anilines is 1. The number of hydrogen-bond acceptors (Lipinski definition) is 10. The number of carbonyl (C=O) groups excluding carboxylic acids is 1. The highest BCUT2D eigenvalue weighted by molar-refractivity contribution is 5.98. The number of nitrogens with two attached hydrogens (primary N) is 1. The van der Waals surface area contributed by atoms with E-state index in [1.807, 2.05) is 64.2 Å². The van der Waals surface area contributed by atoms with Crippen LogP contribution in [0.25, 0.3) is 22.3 Å². The molecule has 0 unspecified atom stereocenters. The minimum atomic E-state index is -0.811. The summed E-state index contributed by atoms with van der Waals surface area (Å²) in [5.41, 5.74) is 8.74. The molecule has 53 heavy (non-hydrogen) atoms. The summed E-state index contributed by atoms with van der Waals surface area (Å²) in [5, 5.41) is 18.8. The van der Waals surface area contributed by atoms with Crippen LogP contribution in [0.4, 0.5) is 10.6 Å². The number of fused-ring (bicyclic) bond motifs is 1. The molecule has 4 aliphatic heterocycles. The van der Waals surface area contributed by atoms with Gasteiger partial charge in [-0.05, 0) is 93.9 Å². The minimum Gasteiger partial charge on any atom is -0.465 e. The van der Waals surface area contributed by atoms with Gasteiger partial charge in [0.15, 0.2) is 5.65 Å². The molecule has 4 N–H and O–H groups in total. The molecular weight excluding hydrogens is 672 g/mol. The van der Waals surface area contributed by atoms with Crippen LogP contribution in [0, 0.1) is 11.8 Å². The summed E-state index contributed by atoms with van der Waals surface area (Å²) in [5.74, 6) is 2.72. The van der Waals surface area contributed by atoms with Gasteiger partial charge in [0.2, 0.25) is 5.91 Å². The van der Waals surface area contributed by atoms with Crippen molar-refractivity contribution in [1.29, 1.82) is 0 Å². The van der Waals surface area contributed by atoms with Crippen molar-refractivity contribution in [3.63, 3.8) is 0 Å². The lowest BCUT2D eigenvalue weighted by atomic mass is 9.91. The summed E-state index contributed by atoms with van der Waals surface area (Å²) >= 11 is 0. The average molecular weight is 723 g/mol. The van der Waals surface area contributed by atoms with Crippen molar-refractivity contribution in [3.8, 4) is 22.8 Å². The topological polar surface area (TPSA) is 158 Å². The molecular formula is C39H50N10O4. The smallest absolute Gasteiger partial charge is 0.407 e. The number of ether oxygens (including phenoxy) is 1. The van der Waals surface area contributed by atoms with Crippen LogP contribution in [0.3, 0.4) is 0 Å². The third-order valence-corrected chi connectivity index (χ3v) is 11.7. The lowest BCUT2D eigenvalue weighted by Gasteiger charge is -2.43. The van der Waals surface area contributed by atoms with Crippen LogP contribution in [0.2, 0.25) is 0 Å². The van der Waals surface area contributed by atoms with Gasteiger partial charge in [-0.15, -0.1) is 0 Å². The SMILES string of the molecule is Nc1ncnc2c1c(-c1ccc(Oc3ccccc3)cc1)nn2[C@@H]1CCCN(C(=O)[C@@H]2CC[C@@H](N3CCC(CN4CCN(C(=O)O)CC4)CC3)NC2)C1. The van der Waals surface area contributed by atoms with Crippen LogP contribution in [0.1, 0.15) is 44.6 Å². The number of nitrogen functional groups attached to an aromatic ring is 1. The largest absolute Gasteiger partial charge is 0.465 e. The van der Waals surface area contributed by atoms with Gasteiger partial charge in [0.1, 0.15) is 29.3 Å². The molecule has 0 radical (unpaired) electrons. The Morgan fingerprint density at radius 2 is 1.60 bits per heavy atom. The number of benzene rings is 2. The van der Waals surface area contributed by atoms with Crippen molar-refractivity contribution >= 4 is 28.9 Å². The molecule has 2 amide bonds. The number of piperazine rings is 1. The van der Waals surface area contributed by atoms with Gasteiger partial charge in [-0.25, -0.2) is 19.4 Å². The second-order valence-corrected chi connectivity index (χ2v) is 15.0. The van der Waals surface area contributed by atoms with Gasteiger partial charge in [-0.2, -0.15) is 5.10 Å². The van der Waals surface area contributed by atoms with Crippen molar-refractivity contribution in [3.05, 3.63) is 60.9 Å². The molecule has 2 aromatic carbocycles. The first kappa shape index (κ1) is 35.3. The Bertz CT molecular complexity index is 1860. The zero-order valence-corrected chi connectivity index (χ0v) is 30.2. The minimum absolute atomic E-state index is 0.0226. The van der Waals surface area contributed by atoms with Crippen molar-refractivity contribution in [2.24, 2.45) is 11.8 Å². The molecule has 4 aliphatic rings. The quantitative estimate of drug-likeness (QED) is 0.237. The summed E-state index contributed by atoms with van der Waals surface area (Å²) in [6.07, 6.45) is 6.94. The van der Waals surface area contributed by atoms with E-state index < -0.39 is 6.09 Å². The number of rotatable bonds is 8. The second kappa shape index (κ2) is 15.7. The highest BCUT2D eigenvalue weighted by Crippen LogP contribution is 2.35. The van der Waals surface area contributed by atoms with E-state index in [0.717, 1.165) is 106 Å². The summed E-state index contributed by atoms with van der Waals surface area (Å²) in [6, 6.07) is 17.5. The van der Waals surface area contributed by atoms with Crippen LogP contribution >= 0.6 is 0 Å². The van der Waals surface area contributed by atoms with Crippen LogP contribution < -0.4 is 15.8 Å². The molecule has 0 saturated carbocycles. The highest BCUT2D eigenvalue weighted by Gasteiger charge is 2.36. The molecule has 0 aliphatic carbocycles. The summed E-state index contributed by atoms with van der Waals surface area (Å²) in [4.78, 5) is 42.7. The molecule has 0 bridgehead atoms. The van der Waals surface area contributed by atoms with E-state index in [0.29, 0.717) is 49.7 Å². The van der Waals surface area contributed by atoms with Gasteiger partial charge in [0.25, 0.3) is 0 Å². The maximum Gasteiger partial charge on any atom is 0.407 e. The summed E-state index contributed by atoms with van der Waals surface area (Å²) < 4.78 is 7.97. The van der Waals surface area contributed by atoms with E-state index in [1.54, 1.807) is 0 Å². The van der Waals surface area contributed by atoms with E-state index in [9.17, 15) is 14.7 Å². The van der Waals surface area contributed by atoms with Gasteiger partial charge in [0.05, 0.1) is 23.5 Å². The lowest BCUT2D eigenvalue weighted by molar-refractivity contribution is -0.138. The van der Waals surface area contributed by atoms with Crippen molar-refractivity contribution in [1.82, 2.24) is 44.7 Å². The van der Waals surface area contributed by atoms with Crippen LogP contribution in [-0.4, -0.2) is 128 Å². The van der Waals surface area contributed by atoms with E-state index in [1.165, 1.54) is 11.2 Å². The van der Waals surface area contributed by atoms with Gasteiger partial charge < -0.3 is 30.7 Å². The maximum atomic E-state index is 14.0.